The van der Waals surface area contributed by atoms with Crippen LogP contribution in [0.5, 0.6) is 0 Å². The zero-order valence-corrected chi connectivity index (χ0v) is 23.7. The minimum atomic E-state index is 1.32. The highest BCUT2D eigenvalue weighted by atomic mass is 14.0. The van der Waals surface area contributed by atoms with E-state index in [4.69, 9.17) is 0 Å². The average Bonchev–Trinajstić information content (AvgIpc) is 2.83. The molecule has 0 bridgehead atoms. The summed E-state index contributed by atoms with van der Waals surface area (Å²) in [5.41, 5.74) is 0. The predicted molar refractivity (Wildman–Crippen MR) is 154 cm³/mol. The van der Waals surface area contributed by atoms with Crippen molar-refractivity contribution in [2.45, 2.75) is 200 Å². The third kappa shape index (κ3) is 31.7. The quantitative estimate of drug-likeness (QED) is 0.0765. The van der Waals surface area contributed by atoms with Gasteiger partial charge in [-0.25, -0.2) is 0 Å². The van der Waals surface area contributed by atoms with Crippen LogP contribution in [-0.4, -0.2) is 0 Å². The minimum absolute atomic E-state index is 1.32. The van der Waals surface area contributed by atoms with Crippen LogP contribution < -0.4 is 0 Å². The molecule has 0 nitrogen and oxygen atoms in total. The Balaban J connectivity index is 3.06. The molecule has 0 aliphatic carbocycles. The summed E-state index contributed by atoms with van der Waals surface area (Å²) in [7, 11) is 0. The van der Waals surface area contributed by atoms with E-state index in [1.54, 1.807) is 0 Å². The Morgan fingerprint density at radius 1 is 0.242 bits per heavy atom. The lowest BCUT2D eigenvalue weighted by molar-refractivity contribution is 0.530. The Labute approximate surface area is 212 Å². The second kappa shape index (κ2) is 31.7. The SMILES string of the molecule is CCCCCCCCCCCCCC=CCCCCCCCCCCCCCCCCCC. The summed E-state index contributed by atoms with van der Waals surface area (Å²) < 4.78 is 0. The first-order valence-corrected chi connectivity index (χ1v) is 16.1. The third-order valence-electron chi connectivity index (χ3n) is 7.37. The van der Waals surface area contributed by atoms with Crippen molar-refractivity contribution in [1.29, 1.82) is 0 Å². The van der Waals surface area contributed by atoms with Crippen molar-refractivity contribution in [1.82, 2.24) is 0 Å². The second-order valence-electron chi connectivity index (χ2n) is 10.9. The minimum Gasteiger partial charge on any atom is -0.0885 e. The van der Waals surface area contributed by atoms with Crippen LogP contribution in [0.3, 0.4) is 0 Å². The molecule has 0 saturated heterocycles. The maximum absolute atomic E-state index is 2.46. The van der Waals surface area contributed by atoms with Gasteiger partial charge in [0, 0.05) is 0 Å². The molecule has 0 aromatic carbocycles. The van der Waals surface area contributed by atoms with Gasteiger partial charge in [-0.1, -0.05) is 187 Å². The Bertz CT molecular complexity index is 342. The molecule has 0 spiro atoms. The summed E-state index contributed by atoms with van der Waals surface area (Å²) in [5.74, 6) is 0. The van der Waals surface area contributed by atoms with Crippen LogP contribution in [0.2, 0.25) is 0 Å². The van der Waals surface area contributed by atoms with Crippen molar-refractivity contribution >= 4 is 0 Å². The molecule has 0 fully saturated rings. The number of unbranched alkanes of at least 4 members (excludes halogenated alkanes) is 27. The summed E-state index contributed by atoms with van der Waals surface area (Å²) in [4.78, 5) is 0. The predicted octanol–water partition coefficient (Wildman–Crippen LogP) is 12.9. The van der Waals surface area contributed by atoms with E-state index in [1.165, 1.54) is 186 Å². The molecule has 0 aliphatic heterocycles. The Hall–Kier alpha value is -0.260. The smallest absolute Gasteiger partial charge is 0.0351 e. The summed E-state index contributed by atoms with van der Waals surface area (Å²) >= 11 is 0. The monoisotopic (exact) mass is 463 g/mol. The highest BCUT2D eigenvalue weighted by Gasteiger charge is 1.95. The van der Waals surface area contributed by atoms with Gasteiger partial charge >= 0.3 is 0 Å². The van der Waals surface area contributed by atoms with Crippen molar-refractivity contribution in [3.05, 3.63) is 12.2 Å². The molecule has 33 heavy (non-hydrogen) atoms. The molecule has 0 saturated carbocycles. The van der Waals surface area contributed by atoms with E-state index in [0.717, 1.165) is 0 Å². The fraction of sp³-hybridized carbons (Fsp3) is 0.939. The van der Waals surface area contributed by atoms with E-state index in [1.807, 2.05) is 0 Å². The van der Waals surface area contributed by atoms with Crippen molar-refractivity contribution in [2.75, 3.05) is 0 Å². The van der Waals surface area contributed by atoms with Gasteiger partial charge in [-0.05, 0) is 25.7 Å². The lowest BCUT2D eigenvalue weighted by atomic mass is 10.0. The van der Waals surface area contributed by atoms with Crippen molar-refractivity contribution in [3.8, 4) is 0 Å². The maximum atomic E-state index is 2.46. The first-order valence-electron chi connectivity index (χ1n) is 16.1. The van der Waals surface area contributed by atoms with Crippen LogP contribution >= 0.6 is 0 Å². The van der Waals surface area contributed by atoms with E-state index in [-0.39, 0.29) is 0 Å². The molecular weight excluding hydrogens is 396 g/mol. The Kier molecular flexibility index (Phi) is 31.5. The van der Waals surface area contributed by atoms with Crippen LogP contribution in [0.25, 0.3) is 0 Å². The summed E-state index contributed by atoms with van der Waals surface area (Å²) in [6, 6.07) is 0. The highest BCUT2D eigenvalue weighted by Crippen LogP contribution is 2.15. The molecule has 0 heterocycles. The maximum Gasteiger partial charge on any atom is -0.0351 e. The second-order valence-corrected chi connectivity index (χ2v) is 10.9. The normalized spacial score (nSPS) is 11.7. The molecule has 0 aromatic heterocycles. The Morgan fingerprint density at radius 3 is 0.636 bits per heavy atom. The van der Waals surface area contributed by atoms with Crippen LogP contribution in [0.4, 0.5) is 0 Å². The summed E-state index contributed by atoms with van der Waals surface area (Å²) in [5, 5.41) is 0. The first-order chi connectivity index (χ1) is 16.4. The molecule has 0 aromatic rings. The molecule has 0 radical (unpaired) electrons. The summed E-state index contributed by atoms with van der Waals surface area (Å²) in [6.07, 6.45) is 46.9. The summed E-state index contributed by atoms with van der Waals surface area (Å²) in [6.45, 7) is 4.61. The van der Waals surface area contributed by atoms with E-state index in [9.17, 15) is 0 Å². The Morgan fingerprint density at radius 2 is 0.424 bits per heavy atom. The van der Waals surface area contributed by atoms with Gasteiger partial charge in [-0.3, -0.25) is 0 Å². The van der Waals surface area contributed by atoms with Crippen molar-refractivity contribution in [3.63, 3.8) is 0 Å². The van der Waals surface area contributed by atoms with Gasteiger partial charge in [-0.2, -0.15) is 0 Å². The first kappa shape index (κ1) is 32.7. The molecule has 0 rings (SSSR count). The fourth-order valence-electron chi connectivity index (χ4n) is 4.97. The molecule has 0 amide bonds. The van der Waals surface area contributed by atoms with Crippen molar-refractivity contribution < 1.29 is 0 Å². The largest absolute Gasteiger partial charge is 0.0885 e. The van der Waals surface area contributed by atoms with Gasteiger partial charge in [0.25, 0.3) is 0 Å². The van der Waals surface area contributed by atoms with Gasteiger partial charge < -0.3 is 0 Å². The number of hydrogen-bond acceptors (Lipinski definition) is 0. The van der Waals surface area contributed by atoms with Gasteiger partial charge in [0.1, 0.15) is 0 Å². The zero-order chi connectivity index (χ0) is 23.9. The van der Waals surface area contributed by atoms with Crippen LogP contribution in [0, 0.1) is 0 Å². The topological polar surface area (TPSA) is 0 Å². The molecule has 0 aliphatic rings. The van der Waals surface area contributed by atoms with E-state index >= 15 is 0 Å². The van der Waals surface area contributed by atoms with Crippen LogP contribution in [-0.2, 0) is 0 Å². The molecule has 0 atom stereocenters. The molecule has 0 heteroatoms. The lowest BCUT2D eigenvalue weighted by Gasteiger charge is -2.03. The standard InChI is InChI=1S/C33H66/c1-3-5-7-9-11-13-15-17-19-21-23-25-27-29-31-33-32-30-28-26-24-22-20-18-16-14-12-10-8-6-4-2/h27,29H,3-26,28,30-33H2,1-2H3. The number of hydrogen-bond donors (Lipinski definition) is 0. The molecule has 0 N–H and O–H groups in total. The molecular formula is C33H66. The van der Waals surface area contributed by atoms with E-state index in [0.29, 0.717) is 0 Å². The zero-order valence-electron chi connectivity index (χ0n) is 23.7. The van der Waals surface area contributed by atoms with Gasteiger partial charge in [0.2, 0.25) is 0 Å². The van der Waals surface area contributed by atoms with Crippen LogP contribution in [0.15, 0.2) is 12.2 Å². The number of allylic oxidation sites excluding steroid dienone is 2. The molecule has 198 valence electrons. The number of rotatable bonds is 29. The average molecular weight is 463 g/mol. The van der Waals surface area contributed by atoms with E-state index < -0.39 is 0 Å². The third-order valence-corrected chi connectivity index (χ3v) is 7.37. The van der Waals surface area contributed by atoms with Gasteiger partial charge in [0.05, 0.1) is 0 Å². The van der Waals surface area contributed by atoms with Crippen LogP contribution in [0.1, 0.15) is 200 Å². The van der Waals surface area contributed by atoms with Gasteiger partial charge in [0.15, 0.2) is 0 Å². The van der Waals surface area contributed by atoms with Gasteiger partial charge in [-0.15, -0.1) is 0 Å². The fourth-order valence-corrected chi connectivity index (χ4v) is 4.97. The van der Waals surface area contributed by atoms with Crippen molar-refractivity contribution in [2.24, 2.45) is 0 Å². The molecule has 0 unspecified atom stereocenters. The lowest BCUT2D eigenvalue weighted by Crippen LogP contribution is -1.83. The highest BCUT2D eigenvalue weighted by molar-refractivity contribution is 4.81. The van der Waals surface area contributed by atoms with E-state index in [2.05, 4.69) is 26.0 Å².